The van der Waals surface area contributed by atoms with E-state index in [1.165, 1.54) is 30.1 Å². The van der Waals surface area contributed by atoms with E-state index in [2.05, 4.69) is 5.32 Å². The number of nitrogens with one attached hydrogen (secondary N) is 1. The van der Waals surface area contributed by atoms with Crippen molar-refractivity contribution in [1.29, 1.82) is 0 Å². The third-order valence-electron chi connectivity index (χ3n) is 4.42. The van der Waals surface area contributed by atoms with Crippen molar-refractivity contribution >= 4 is 17.5 Å². The van der Waals surface area contributed by atoms with Crippen LogP contribution in [0.2, 0.25) is 0 Å². The van der Waals surface area contributed by atoms with Crippen LogP contribution in [0.1, 0.15) is 34.3 Å². The van der Waals surface area contributed by atoms with Crippen molar-refractivity contribution in [3.8, 4) is 0 Å². The van der Waals surface area contributed by atoms with Gasteiger partial charge in [-0.2, -0.15) is 13.2 Å². The summed E-state index contributed by atoms with van der Waals surface area (Å²) in [5.74, 6) is -0.354. The van der Waals surface area contributed by atoms with E-state index in [9.17, 15) is 22.8 Å². The largest absolute Gasteiger partial charge is 0.416 e. The summed E-state index contributed by atoms with van der Waals surface area (Å²) >= 11 is 0. The maximum atomic E-state index is 13.1. The lowest BCUT2D eigenvalue weighted by Crippen LogP contribution is -2.27. The number of alkyl halides is 3. The highest BCUT2D eigenvalue weighted by molar-refractivity contribution is 5.96. The quantitative estimate of drug-likeness (QED) is 0.845. The van der Waals surface area contributed by atoms with E-state index in [0.717, 1.165) is 18.9 Å². The fourth-order valence-electron chi connectivity index (χ4n) is 2.77. The lowest BCUT2D eigenvalue weighted by atomic mass is 10.1. The molecule has 0 bridgehead atoms. The first kappa shape index (κ1) is 18.9. The summed E-state index contributed by atoms with van der Waals surface area (Å²) in [7, 11) is 1.46. The molecule has 0 aromatic heterocycles. The summed E-state index contributed by atoms with van der Waals surface area (Å²) in [6.07, 6.45) is -2.68. The molecular formula is C20H19F3N2O2. The van der Waals surface area contributed by atoms with Gasteiger partial charge >= 0.3 is 6.18 Å². The van der Waals surface area contributed by atoms with Crippen LogP contribution < -0.4 is 5.32 Å². The number of hydrogen-bond acceptors (Lipinski definition) is 2. The molecule has 0 unspecified atom stereocenters. The number of carbonyl (C=O) groups is 2. The molecule has 0 saturated heterocycles. The number of rotatable bonds is 5. The summed E-state index contributed by atoms with van der Waals surface area (Å²) in [6.45, 7) is -0.158. The summed E-state index contributed by atoms with van der Waals surface area (Å²) in [4.78, 5) is 25.5. The Morgan fingerprint density at radius 1 is 1.07 bits per heavy atom. The first-order chi connectivity index (χ1) is 12.8. The van der Waals surface area contributed by atoms with E-state index in [0.29, 0.717) is 11.3 Å². The van der Waals surface area contributed by atoms with Gasteiger partial charge in [-0.3, -0.25) is 9.59 Å². The minimum absolute atomic E-state index is 0.0325. The SMILES string of the molecule is CN(Cc1ccccc1C(F)(F)F)C(=O)c1ccc(NC(=O)C2CC2)cc1. The Kier molecular flexibility index (Phi) is 5.21. The highest BCUT2D eigenvalue weighted by Gasteiger charge is 2.33. The highest BCUT2D eigenvalue weighted by atomic mass is 19.4. The zero-order valence-corrected chi connectivity index (χ0v) is 14.7. The molecule has 1 N–H and O–H groups in total. The van der Waals surface area contributed by atoms with Gasteiger partial charge in [-0.1, -0.05) is 18.2 Å². The Morgan fingerprint density at radius 2 is 1.70 bits per heavy atom. The average Bonchev–Trinajstić information content (AvgIpc) is 3.46. The molecule has 0 radical (unpaired) electrons. The molecule has 1 saturated carbocycles. The summed E-state index contributed by atoms with van der Waals surface area (Å²) in [5, 5.41) is 2.77. The topological polar surface area (TPSA) is 49.4 Å². The summed E-state index contributed by atoms with van der Waals surface area (Å²) in [5.41, 5.74) is 0.219. The number of carbonyl (C=O) groups excluding carboxylic acids is 2. The predicted octanol–water partition coefficient (Wildman–Crippen LogP) is 4.33. The highest BCUT2D eigenvalue weighted by Crippen LogP contribution is 2.32. The second-order valence-electron chi connectivity index (χ2n) is 6.66. The van der Waals surface area contributed by atoms with Crippen molar-refractivity contribution in [2.75, 3.05) is 12.4 Å². The molecule has 0 atom stereocenters. The molecule has 27 heavy (non-hydrogen) atoms. The smallest absolute Gasteiger partial charge is 0.337 e. The van der Waals surface area contributed by atoms with Gasteiger partial charge in [0.05, 0.1) is 5.56 Å². The van der Waals surface area contributed by atoms with Gasteiger partial charge in [0, 0.05) is 30.8 Å². The van der Waals surface area contributed by atoms with Crippen LogP contribution in [0.3, 0.4) is 0 Å². The number of amides is 2. The number of nitrogens with zero attached hydrogens (tertiary/aromatic N) is 1. The van der Waals surface area contributed by atoms with Gasteiger partial charge in [0.1, 0.15) is 0 Å². The van der Waals surface area contributed by atoms with Crippen molar-refractivity contribution in [3.05, 3.63) is 65.2 Å². The summed E-state index contributed by atoms with van der Waals surface area (Å²) in [6, 6.07) is 11.5. The molecule has 1 aliphatic carbocycles. The monoisotopic (exact) mass is 376 g/mol. The molecule has 2 amide bonds. The fraction of sp³-hybridized carbons (Fsp3) is 0.300. The van der Waals surface area contributed by atoms with Crippen LogP contribution in [0, 0.1) is 5.92 Å². The Labute approximate surface area is 155 Å². The summed E-state index contributed by atoms with van der Waals surface area (Å²) < 4.78 is 39.3. The van der Waals surface area contributed by atoms with Crippen molar-refractivity contribution in [2.24, 2.45) is 5.92 Å². The van der Waals surface area contributed by atoms with Gasteiger partial charge in [0.25, 0.3) is 5.91 Å². The Bertz CT molecular complexity index is 843. The molecule has 2 aromatic rings. The van der Waals surface area contributed by atoms with Crippen LogP contribution in [-0.2, 0) is 17.5 Å². The standard InChI is InChI=1S/C20H19F3N2O2/c1-25(12-15-4-2-3-5-17(15)20(21,22)23)19(27)14-8-10-16(11-9-14)24-18(26)13-6-7-13/h2-5,8-11,13H,6-7,12H2,1H3,(H,24,26). The van der Waals surface area contributed by atoms with Gasteiger partial charge in [-0.25, -0.2) is 0 Å². The molecule has 1 aliphatic rings. The van der Waals surface area contributed by atoms with E-state index in [1.807, 2.05) is 0 Å². The lowest BCUT2D eigenvalue weighted by molar-refractivity contribution is -0.138. The van der Waals surface area contributed by atoms with Crippen molar-refractivity contribution < 1.29 is 22.8 Å². The average molecular weight is 376 g/mol. The second kappa shape index (κ2) is 7.42. The molecule has 7 heteroatoms. The van der Waals surface area contributed by atoms with E-state index < -0.39 is 17.6 Å². The molecule has 0 spiro atoms. The molecular weight excluding hydrogens is 357 g/mol. The third kappa shape index (κ3) is 4.67. The molecule has 2 aromatic carbocycles. The van der Waals surface area contributed by atoms with Crippen LogP contribution in [0.5, 0.6) is 0 Å². The van der Waals surface area contributed by atoms with Crippen molar-refractivity contribution in [1.82, 2.24) is 4.90 Å². The maximum Gasteiger partial charge on any atom is 0.416 e. The number of benzene rings is 2. The number of halogens is 3. The van der Waals surface area contributed by atoms with Gasteiger partial charge in [0.2, 0.25) is 5.91 Å². The molecule has 0 aliphatic heterocycles. The predicted molar refractivity (Wildman–Crippen MR) is 95.0 cm³/mol. The van der Waals surface area contributed by atoms with Crippen LogP contribution in [0.4, 0.5) is 18.9 Å². The minimum atomic E-state index is -4.47. The maximum absolute atomic E-state index is 13.1. The normalized spacial score (nSPS) is 13.9. The van der Waals surface area contributed by atoms with E-state index in [4.69, 9.17) is 0 Å². The van der Waals surface area contributed by atoms with Crippen LogP contribution in [-0.4, -0.2) is 23.8 Å². The Morgan fingerprint density at radius 3 is 2.30 bits per heavy atom. The minimum Gasteiger partial charge on any atom is -0.337 e. The number of anilines is 1. The van der Waals surface area contributed by atoms with Crippen molar-refractivity contribution in [2.45, 2.75) is 25.6 Å². The van der Waals surface area contributed by atoms with Crippen LogP contribution >= 0.6 is 0 Å². The zero-order chi connectivity index (χ0) is 19.6. The third-order valence-corrected chi connectivity index (χ3v) is 4.42. The van der Waals surface area contributed by atoms with Gasteiger partial charge in [-0.15, -0.1) is 0 Å². The van der Waals surface area contributed by atoms with Gasteiger partial charge in [-0.05, 0) is 48.7 Å². The van der Waals surface area contributed by atoms with Crippen LogP contribution in [0.15, 0.2) is 48.5 Å². The first-order valence-electron chi connectivity index (χ1n) is 8.57. The van der Waals surface area contributed by atoms with Crippen LogP contribution in [0.25, 0.3) is 0 Å². The number of hydrogen-bond donors (Lipinski definition) is 1. The van der Waals surface area contributed by atoms with E-state index in [1.54, 1.807) is 24.3 Å². The van der Waals surface area contributed by atoms with Crippen molar-refractivity contribution in [3.63, 3.8) is 0 Å². The van der Waals surface area contributed by atoms with E-state index in [-0.39, 0.29) is 23.9 Å². The second-order valence-corrected chi connectivity index (χ2v) is 6.66. The molecule has 3 rings (SSSR count). The first-order valence-corrected chi connectivity index (χ1v) is 8.57. The Balaban J connectivity index is 1.68. The van der Waals surface area contributed by atoms with E-state index >= 15 is 0 Å². The molecule has 0 heterocycles. The molecule has 4 nitrogen and oxygen atoms in total. The Hall–Kier alpha value is -2.83. The van der Waals surface area contributed by atoms with Gasteiger partial charge < -0.3 is 10.2 Å². The lowest BCUT2D eigenvalue weighted by Gasteiger charge is -2.20. The molecule has 142 valence electrons. The van der Waals surface area contributed by atoms with Gasteiger partial charge in [0.15, 0.2) is 0 Å². The fourth-order valence-corrected chi connectivity index (χ4v) is 2.77. The molecule has 1 fully saturated rings. The zero-order valence-electron chi connectivity index (χ0n) is 14.7.